The molecule has 2 rings (SSSR count). The third-order valence-electron chi connectivity index (χ3n) is 4.23. The Balaban J connectivity index is 2.10. The zero-order valence-corrected chi connectivity index (χ0v) is 13.1. The predicted octanol–water partition coefficient (Wildman–Crippen LogP) is 2.47. The quantitative estimate of drug-likeness (QED) is 0.851. The van der Waals surface area contributed by atoms with Gasteiger partial charge in [-0.2, -0.15) is 0 Å². The van der Waals surface area contributed by atoms with Crippen LogP contribution < -0.4 is 0 Å². The van der Waals surface area contributed by atoms with Gasteiger partial charge >= 0.3 is 12.0 Å². The summed E-state index contributed by atoms with van der Waals surface area (Å²) in [7, 11) is 0. The van der Waals surface area contributed by atoms with Crippen molar-refractivity contribution in [2.24, 2.45) is 5.92 Å². The van der Waals surface area contributed by atoms with Crippen LogP contribution in [0.2, 0.25) is 0 Å². The number of urea groups is 1. The molecule has 0 aromatic rings. The number of rotatable bonds is 2. The molecule has 0 aromatic carbocycles. The normalized spacial score (nSPS) is 31.2. The summed E-state index contributed by atoms with van der Waals surface area (Å²) >= 11 is 1.58. The topological polar surface area (TPSA) is 60.9 Å². The highest BCUT2D eigenvalue weighted by molar-refractivity contribution is 8.00. The third kappa shape index (κ3) is 3.22. The lowest BCUT2D eigenvalue weighted by molar-refractivity contribution is -0.141. The first kappa shape index (κ1) is 15.5. The molecule has 5 nitrogen and oxygen atoms in total. The van der Waals surface area contributed by atoms with Crippen molar-refractivity contribution in [1.82, 2.24) is 9.80 Å². The number of aliphatic carboxylic acids is 1. The Morgan fingerprint density at radius 1 is 1.30 bits per heavy atom. The molecule has 2 amide bonds. The van der Waals surface area contributed by atoms with Gasteiger partial charge in [0.05, 0.1) is 5.37 Å². The summed E-state index contributed by atoms with van der Waals surface area (Å²) in [5.41, 5.74) is 0. The molecule has 0 radical (unpaired) electrons. The largest absolute Gasteiger partial charge is 0.480 e. The van der Waals surface area contributed by atoms with E-state index >= 15 is 0 Å². The number of carboxylic acid groups (broad SMARTS) is 1. The maximum Gasteiger partial charge on any atom is 0.327 e. The average molecular weight is 300 g/mol. The predicted molar refractivity (Wildman–Crippen MR) is 79.8 cm³/mol. The number of hydrogen-bond acceptors (Lipinski definition) is 3. The second kappa shape index (κ2) is 6.70. The Hall–Kier alpha value is -0.910. The molecule has 0 saturated carbocycles. The van der Waals surface area contributed by atoms with Crippen molar-refractivity contribution in [2.45, 2.75) is 50.9 Å². The summed E-state index contributed by atoms with van der Waals surface area (Å²) in [5.74, 6) is 0.270. The Morgan fingerprint density at radius 3 is 2.70 bits per heavy atom. The summed E-state index contributed by atoms with van der Waals surface area (Å²) in [5, 5.41) is 9.32. The lowest BCUT2D eigenvalue weighted by Crippen LogP contribution is -2.51. The maximum atomic E-state index is 12.7. The molecular formula is C14H24N2O3S. The molecular weight excluding hydrogens is 276 g/mol. The van der Waals surface area contributed by atoms with Crippen molar-refractivity contribution in [1.29, 1.82) is 0 Å². The van der Waals surface area contributed by atoms with Gasteiger partial charge in [-0.05, 0) is 31.6 Å². The number of carboxylic acids is 1. The van der Waals surface area contributed by atoms with Crippen LogP contribution in [0.1, 0.15) is 39.5 Å². The van der Waals surface area contributed by atoms with E-state index in [0.717, 1.165) is 38.8 Å². The van der Waals surface area contributed by atoms with E-state index in [-0.39, 0.29) is 11.4 Å². The van der Waals surface area contributed by atoms with Crippen LogP contribution in [0.25, 0.3) is 0 Å². The van der Waals surface area contributed by atoms with Crippen LogP contribution in [0.3, 0.4) is 0 Å². The highest BCUT2D eigenvalue weighted by Gasteiger charge is 2.42. The molecule has 2 heterocycles. The van der Waals surface area contributed by atoms with Gasteiger partial charge in [-0.3, -0.25) is 4.90 Å². The fourth-order valence-electron chi connectivity index (χ4n) is 2.94. The zero-order valence-electron chi connectivity index (χ0n) is 12.2. The van der Waals surface area contributed by atoms with Gasteiger partial charge in [0.15, 0.2) is 0 Å². The third-order valence-corrected chi connectivity index (χ3v) is 5.69. The molecule has 0 aromatic heterocycles. The number of thioether (sulfide) groups is 1. The van der Waals surface area contributed by atoms with E-state index < -0.39 is 12.0 Å². The minimum absolute atomic E-state index is 0.00396. The summed E-state index contributed by atoms with van der Waals surface area (Å²) in [6.07, 6.45) is 3.98. The van der Waals surface area contributed by atoms with E-state index in [9.17, 15) is 14.7 Å². The fraction of sp³-hybridized carbons (Fsp3) is 0.857. The van der Waals surface area contributed by atoms with Crippen LogP contribution in [-0.2, 0) is 4.79 Å². The summed E-state index contributed by atoms with van der Waals surface area (Å²) in [6, 6.07) is -0.749. The molecule has 20 heavy (non-hydrogen) atoms. The van der Waals surface area contributed by atoms with Gasteiger partial charge in [-0.15, -0.1) is 11.8 Å². The number of likely N-dealkylation sites (tertiary alicyclic amines) is 1. The minimum atomic E-state index is -0.884. The first-order chi connectivity index (χ1) is 9.54. The molecule has 2 aliphatic heterocycles. The van der Waals surface area contributed by atoms with E-state index in [4.69, 9.17) is 0 Å². The molecule has 2 fully saturated rings. The number of carbonyl (C=O) groups excluding carboxylic acids is 1. The van der Waals surface area contributed by atoms with Gasteiger partial charge in [0.1, 0.15) is 6.04 Å². The monoisotopic (exact) mass is 300 g/mol. The van der Waals surface area contributed by atoms with Crippen molar-refractivity contribution < 1.29 is 14.7 Å². The van der Waals surface area contributed by atoms with Crippen LogP contribution in [0, 0.1) is 5.92 Å². The standard InChI is InChI=1S/C14H24N2O3S/c1-3-12-16(11(9-20-12)13(17)18)14(19)15-7-4-5-10(2)6-8-15/h10-12H,3-9H2,1-2H3,(H,17,18). The molecule has 3 atom stereocenters. The van der Waals surface area contributed by atoms with Crippen LogP contribution in [0.15, 0.2) is 0 Å². The summed E-state index contributed by atoms with van der Waals surface area (Å²) < 4.78 is 0. The van der Waals surface area contributed by atoms with Crippen molar-refractivity contribution in [3.8, 4) is 0 Å². The van der Waals surface area contributed by atoms with E-state index in [1.165, 1.54) is 0 Å². The van der Waals surface area contributed by atoms with Crippen LogP contribution in [0.5, 0.6) is 0 Å². The van der Waals surface area contributed by atoms with Crippen molar-refractivity contribution >= 4 is 23.8 Å². The SMILES string of the molecule is CCC1SCC(C(=O)O)N1C(=O)N1CCCC(C)CC1. The highest BCUT2D eigenvalue weighted by atomic mass is 32.2. The maximum absolute atomic E-state index is 12.7. The summed E-state index contributed by atoms with van der Waals surface area (Å²) in [4.78, 5) is 27.5. The molecule has 3 unspecified atom stereocenters. The number of nitrogens with zero attached hydrogens (tertiary/aromatic N) is 2. The molecule has 114 valence electrons. The minimum Gasteiger partial charge on any atom is -0.480 e. The number of hydrogen-bond donors (Lipinski definition) is 1. The molecule has 2 saturated heterocycles. The van der Waals surface area contributed by atoms with Crippen LogP contribution in [-0.4, -0.2) is 57.2 Å². The molecule has 1 N–H and O–H groups in total. The summed E-state index contributed by atoms with van der Waals surface area (Å²) in [6.45, 7) is 5.73. The Bertz CT molecular complexity index is 377. The highest BCUT2D eigenvalue weighted by Crippen LogP contribution is 2.32. The van der Waals surface area contributed by atoms with E-state index in [2.05, 4.69) is 6.92 Å². The van der Waals surface area contributed by atoms with Crippen molar-refractivity contribution in [2.75, 3.05) is 18.8 Å². The lowest BCUT2D eigenvalue weighted by atomic mass is 10.0. The molecule has 0 bridgehead atoms. The average Bonchev–Trinajstić information content (AvgIpc) is 2.74. The van der Waals surface area contributed by atoms with E-state index in [0.29, 0.717) is 11.7 Å². The number of carbonyl (C=O) groups is 2. The van der Waals surface area contributed by atoms with E-state index in [1.807, 2.05) is 11.8 Å². The first-order valence-electron chi connectivity index (χ1n) is 7.46. The first-order valence-corrected chi connectivity index (χ1v) is 8.51. The van der Waals surface area contributed by atoms with E-state index in [1.54, 1.807) is 16.7 Å². The molecule has 0 spiro atoms. The van der Waals surface area contributed by atoms with Crippen molar-refractivity contribution in [3.05, 3.63) is 0 Å². The second-order valence-electron chi connectivity index (χ2n) is 5.76. The second-order valence-corrected chi connectivity index (χ2v) is 6.97. The van der Waals surface area contributed by atoms with Crippen molar-refractivity contribution in [3.63, 3.8) is 0 Å². The fourth-order valence-corrected chi connectivity index (χ4v) is 4.28. The number of amides is 2. The van der Waals surface area contributed by atoms with Gasteiger partial charge in [0.2, 0.25) is 0 Å². The molecule has 2 aliphatic rings. The Kier molecular flexibility index (Phi) is 5.18. The molecule has 6 heteroatoms. The van der Waals surface area contributed by atoms with Gasteiger partial charge in [0.25, 0.3) is 0 Å². The van der Waals surface area contributed by atoms with Gasteiger partial charge < -0.3 is 10.0 Å². The van der Waals surface area contributed by atoms with Gasteiger partial charge in [-0.25, -0.2) is 9.59 Å². The van der Waals surface area contributed by atoms with Gasteiger partial charge in [0, 0.05) is 18.8 Å². The van der Waals surface area contributed by atoms with Crippen LogP contribution >= 0.6 is 11.8 Å². The molecule has 0 aliphatic carbocycles. The van der Waals surface area contributed by atoms with Crippen LogP contribution in [0.4, 0.5) is 4.79 Å². The smallest absolute Gasteiger partial charge is 0.327 e. The zero-order chi connectivity index (χ0) is 14.7. The van der Waals surface area contributed by atoms with Gasteiger partial charge in [-0.1, -0.05) is 13.8 Å². The lowest BCUT2D eigenvalue weighted by Gasteiger charge is -2.32. The Morgan fingerprint density at radius 2 is 2.05 bits per heavy atom. The Labute approximate surface area is 124 Å².